The summed E-state index contributed by atoms with van der Waals surface area (Å²) in [5.41, 5.74) is 1.81. The molecule has 1 amide bonds. The number of carbonyl (C=O) groups excluding carboxylic acids is 1. The Kier molecular flexibility index (Phi) is 6.39. The van der Waals surface area contributed by atoms with Crippen LogP contribution in [0.1, 0.15) is 5.56 Å². The molecule has 0 bridgehead atoms. The van der Waals surface area contributed by atoms with Gasteiger partial charge in [0.15, 0.2) is 0 Å². The van der Waals surface area contributed by atoms with Crippen molar-refractivity contribution < 1.29 is 13.2 Å². The number of benzene rings is 3. The molecule has 0 aliphatic carbocycles. The second-order valence-electron chi connectivity index (χ2n) is 5.99. The predicted molar refractivity (Wildman–Crippen MR) is 115 cm³/mol. The van der Waals surface area contributed by atoms with Gasteiger partial charge < -0.3 is 5.32 Å². The average Bonchev–Trinajstić information content (AvgIpc) is 2.66. The molecule has 2 N–H and O–H groups in total. The fraction of sp³-hybridized carbons (Fsp3) is 0.0500. The summed E-state index contributed by atoms with van der Waals surface area (Å²) < 4.78 is 28.3. The van der Waals surface area contributed by atoms with Crippen LogP contribution < -0.4 is 10.0 Å². The molecule has 3 rings (SSSR count). The third-order valence-electron chi connectivity index (χ3n) is 3.82. The second-order valence-corrected chi connectivity index (χ2v) is 9.02. The number of amides is 1. The summed E-state index contributed by atoms with van der Waals surface area (Å²) in [5.74, 6) is -0.203. The lowest BCUT2D eigenvalue weighted by Crippen LogP contribution is -2.15. The standard InChI is InChI=1S/C20H16BrClN2O3S/c21-15-3-7-18(8-4-15)24-28(26,27)19-11-9-17(10-12-19)23-20(25)13-14-1-5-16(22)6-2-14/h1-12,24H,13H2,(H,23,25). The largest absolute Gasteiger partial charge is 0.326 e. The van der Waals surface area contributed by atoms with Crippen molar-refractivity contribution in [3.63, 3.8) is 0 Å². The number of hydrogen-bond acceptors (Lipinski definition) is 3. The molecule has 0 atom stereocenters. The summed E-state index contributed by atoms with van der Waals surface area (Å²) in [7, 11) is -3.71. The lowest BCUT2D eigenvalue weighted by atomic mass is 10.1. The summed E-state index contributed by atoms with van der Waals surface area (Å²) in [6.45, 7) is 0. The van der Waals surface area contributed by atoms with Gasteiger partial charge >= 0.3 is 0 Å². The monoisotopic (exact) mass is 478 g/mol. The molecule has 0 saturated heterocycles. The molecule has 0 aliphatic heterocycles. The molecule has 0 aromatic heterocycles. The van der Waals surface area contributed by atoms with E-state index in [1.807, 2.05) is 0 Å². The first kappa shape index (κ1) is 20.4. The zero-order valence-electron chi connectivity index (χ0n) is 14.5. The Labute approximate surface area is 176 Å². The summed E-state index contributed by atoms with van der Waals surface area (Å²) in [5, 5.41) is 3.36. The van der Waals surface area contributed by atoms with Gasteiger partial charge in [0, 0.05) is 20.9 Å². The van der Waals surface area contributed by atoms with Crippen molar-refractivity contribution in [1.82, 2.24) is 0 Å². The quantitative estimate of drug-likeness (QED) is 0.517. The number of nitrogens with one attached hydrogen (secondary N) is 2. The van der Waals surface area contributed by atoms with Crippen LogP contribution in [0.5, 0.6) is 0 Å². The van der Waals surface area contributed by atoms with Gasteiger partial charge in [0.25, 0.3) is 10.0 Å². The summed E-state index contributed by atoms with van der Waals surface area (Å²) >= 11 is 9.13. The molecule has 0 radical (unpaired) electrons. The molecule has 144 valence electrons. The van der Waals surface area contributed by atoms with E-state index in [4.69, 9.17) is 11.6 Å². The van der Waals surface area contributed by atoms with Gasteiger partial charge in [0.1, 0.15) is 0 Å². The van der Waals surface area contributed by atoms with Crippen LogP contribution in [-0.4, -0.2) is 14.3 Å². The van der Waals surface area contributed by atoms with E-state index >= 15 is 0 Å². The molecular weight excluding hydrogens is 464 g/mol. The molecule has 5 nitrogen and oxygen atoms in total. The normalized spacial score (nSPS) is 11.1. The molecule has 0 heterocycles. The van der Waals surface area contributed by atoms with E-state index in [0.29, 0.717) is 16.4 Å². The topological polar surface area (TPSA) is 75.3 Å². The fourth-order valence-electron chi connectivity index (χ4n) is 2.44. The minimum Gasteiger partial charge on any atom is -0.326 e. The average molecular weight is 480 g/mol. The number of sulfonamides is 1. The Morgan fingerprint density at radius 1 is 0.857 bits per heavy atom. The number of carbonyl (C=O) groups is 1. The molecular formula is C20H16BrClN2O3S. The van der Waals surface area contributed by atoms with Crippen LogP contribution in [0.25, 0.3) is 0 Å². The molecule has 0 aliphatic rings. The maximum Gasteiger partial charge on any atom is 0.261 e. The second kappa shape index (κ2) is 8.77. The fourth-order valence-corrected chi connectivity index (χ4v) is 3.89. The lowest BCUT2D eigenvalue weighted by Gasteiger charge is -2.10. The highest BCUT2D eigenvalue weighted by atomic mass is 79.9. The molecule has 0 spiro atoms. The summed E-state index contributed by atoms with van der Waals surface area (Å²) in [6, 6.07) is 19.8. The molecule has 3 aromatic rings. The van der Waals surface area contributed by atoms with E-state index in [-0.39, 0.29) is 17.2 Å². The zero-order valence-corrected chi connectivity index (χ0v) is 17.7. The number of rotatable bonds is 6. The highest BCUT2D eigenvalue weighted by molar-refractivity contribution is 9.10. The van der Waals surface area contributed by atoms with Crippen molar-refractivity contribution in [1.29, 1.82) is 0 Å². The first-order valence-corrected chi connectivity index (χ1v) is 10.9. The van der Waals surface area contributed by atoms with Crippen LogP contribution in [-0.2, 0) is 21.2 Å². The third-order valence-corrected chi connectivity index (χ3v) is 6.00. The molecule has 3 aromatic carbocycles. The smallest absolute Gasteiger partial charge is 0.261 e. The van der Waals surface area contributed by atoms with Crippen molar-refractivity contribution in [2.24, 2.45) is 0 Å². The highest BCUT2D eigenvalue weighted by Gasteiger charge is 2.14. The Morgan fingerprint density at radius 3 is 2.04 bits per heavy atom. The van der Waals surface area contributed by atoms with Crippen molar-refractivity contribution in [2.75, 3.05) is 10.0 Å². The van der Waals surface area contributed by atoms with E-state index in [0.717, 1.165) is 10.0 Å². The first-order chi connectivity index (χ1) is 13.3. The number of halogens is 2. The Bertz CT molecular complexity index is 1070. The van der Waals surface area contributed by atoms with Crippen molar-refractivity contribution in [2.45, 2.75) is 11.3 Å². The van der Waals surface area contributed by atoms with Gasteiger partial charge in [-0.05, 0) is 66.2 Å². The molecule has 0 fully saturated rings. The molecule has 0 saturated carbocycles. The van der Waals surface area contributed by atoms with E-state index in [9.17, 15) is 13.2 Å². The number of anilines is 2. The maximum absolute atomic E-state index is 12.5. The third kappa shape index (κ3) is 5.58. The zero-order chi connectivity index (χ0) is 20.1. The van der Waals surface area contributed by atoms with Crippen LogP contribution >= 0.6 is 27.5 Å². The van der Waals surface area contributed by atoms with Crippen LogP contribution in [0, 0.1) is 0 Å². The van der Waals surface area contributed by atoms with E-state index in [2.05, 4.69) is 26.0 Å². The van der Waals surface area contributed by atoms with Gasteiger partial charge in [0.05, 0.1) is 11.3 Å². The number of hydrogen-bond donors (Lipinski definition) is 2. The van der Waals surface area contributed by atoms with Crippen LogP contribution in [0.3, 0.4) is 0 Å². The van der Waals surface area contributed by atoms with Gasteiger partial charge in [-0.1, -0.05) is 39.7 Å². The van der Waals surface area contributed by atoms with Gasteiger partial charge in [0.2, 0.25) is 5.91 Å². The van der Waals surface area contributed by atoms with Gasteiger partial charge in [-0.15, -0.1) is 0 Å². The van der Waals surface area contributed by atoms with Gasteiger partial charge in [-0.2, -0.15) is 0 Å². The van der Waals surface area contributed by atoms with E-state index in [1.54, 1.807) is 60.7 Å². The minimum atomic E-state index is -3.71. The van der Waals surface area contributed by atoms with Crippen molar-refractivity contribution in [3.05, 3.63) is 87.9 Å². The van der Waals surface area contributed by atoms with Crippen LogP contribution in [0.2, 0.25) is 5.02 Å². The van der Waals surface area contributed by atoms with Gasteiger partial charge in [-0.25, -0.2) is 8.42 Å². The first-order valence-electron chi connectivity index (χ1n) is 8.24. The maximum atomic E-state index is 12.5. The lowest BCUT2D eigenvalue weighted by molar-refractivity contribution is -0.115. The molecule has 0 unspecified atom stereocenters. The van der Waals surface area contributed by atoms with Crippen LogP contribution in [0.4, 0.5) is 11.4 Å². The van der Waals surface area contributed by atoms with E-state index < -0.39 is 10.0 Å². The Balaban J connectivity index is 1.64. The van der Waals surface area contributed by atoms with Crippen molar-refractivity contribution >= 4 is 54.8 Å². The summed E-state index contributed by atoms with van der Waals surface area (Å²) in [6.07, 6.45) is 0.197. The highest BCUT2D eigenvalue weighted by Crippen LogP contribution is 2.20. The van der Waals surface area contributed by atoms with Gasteiger partial charge in [-0.3, -0.25) is 9.52 Å². The predicted octanol–water partition coefficient (Wildman–Crippen LogP) is 5.08. The Morgan fingerprint density at radius 2 is 1.43 bits per heavy atom. The van der Waals surface area contributed by atoms with Crippen molar-refractivity contribution in [3.8, 4) is 0 Å². The summed E-state index contributed by atoms with van der Waals surface area (Å²) in [4.78, 5) is 12.2. The molecule has 8 heteroatoms. The SMILES string of the molecule is O=C(Cc1ccc(Cl)cc1)Nc1ccc(S(=O)(=O)Nc2ccc(Br)cc2)cc1. The van der Waals surface area contributed by atoms with Crippen LogP contribution in [0.15, 0.2) is 82.2 Å². The molecule has 28 heavy (non-hydrogen) atoms. The Hall–Kier alpha value is -2.35. The van der Waals surface area contributed by atoms with E-state index in [1.165, 1.54) is 12.1 Å². The minimum absolute atomic E-state index is 0.103.